The predicted molar refractivity (Wildman–Crippen MR) is 137 cm³/mol. The lowest BCUT2D eigenvalue weighted by molar-refractivity contribution is -0.114. The van der Waals surface area contributed by atoms with Crippen LogP contribution < -0.4 is 24.4 Å². The van der Waals surface area contributed by atoms with Gasteiger partial charge in [-0.05, 0) is 29.8 Å². The molecule has 2 aliphatic rings. The Morgan fingerprint density at radius 1 is 1.00 bits per heavy atom. The number of rotatable bonds is 7. The third-order valence-electron chi connectivity index (χ3n) is 6.26. The topological polar surface area (TPSA) is 143 Å². The first kappa shape index (κ1) is 25.0. The number of nitrogens with zero attached hydrogens (tertiary/aromatic N) is 4. The van der Waals surface area contributed by atoms with Crippen molar-refractivity contribution < 1.29 is 27.5 Å². The van der Waals surface area contributed by atoms with Gasteiger partial charge in [0.2, 0.25) is 5.88 Å². The molecule has 3 heterocycles. The van der Waals surface area contributed by atoms with Crippen molar-refractivity contribution in [3.63, 3.8) is 0 Å². The van der Waals surface area contributed by atoms with Gasteiger partial charge in [-0.2, -0.15) is 9.97 Å². The first-order valence-electron chi connectivity index (χ1n) is 11.5. The molecule has 0 bridgehead atoms. The average Bonchev–Trinajstić information content (AvgIpc) is 3.28. The van der Waals surface area contributed by atoms with Gasteiger partial charge in [0.15, 0.2) is 5.82 Å². The highest BCUT2D eigenvalue weighted by Crippen LogP contribution is 2.37. The number of nitrogens with one attached hydrogen (secondary N) is 2. The third kappa shape index (κ3) is 4.47. The van der Waals surface area contributed by atoms with Crippen LogP contribution in [0.4, 0.5) is 16.3 Å². The minimum Gasteiger partial charge on any atom is -0.481 e. The number of hydrogen-bond acceptors (Lipinski definition) is 8. The summed E-state index contributed by atoms with van der Waals surface area (Å²) in [5.41, 5.74) is 2.35. The Bertz CT molecular complexity index is 1520. The van der Waals surface area contributed by atoms with Crippen molar-refractivity contribution in [1.82, 2.24) is 20.2 Å². The summed E-state index contributed by atoms with van der Waals surface area (Å²) in [5.74, 6) is -0.174. The Hall–Kier alpha value is -4.65. The molecule has 0 radical (unpaired) electrons. The predicted octanol–water partition coefficient (Wildman–Crippen LogP) is 2.29. The van der Waals surface area contributed by atoms with Crippen LogP contribution in [-0.4, -0.2) is 63.0 Å². The molecule has 2 aromatic carbocycles. The monoisotopic (exact) mass is 536 g/mol. The molecule has 0 saturated carbocycles. The Balaban J connectivity index is 1.39. The van der Waals surface area contributed by atoms with Gasteiger partial charge in [-0.1, -0.05) is 30.3 Å². The highest BCUT2D eigenvalue weighted by molar-refractivity contribution is 7.92. The zero-order valence-corrected chi connectivity index (χ0v) is 21.5. The van der Waals surface area contributed by atoms with Gasteiger partial charge in [0.25, 0.3) is 15.9 Å². The van der Waals surface area contributed by atoms with E-state index in [1.54, 1.807) is 19.2 Å². The Kier molecular flexibility index (Phi) is 6.36. The van der Waals surface area contributed by atoms with Crippen LogP contribution in [0.25, 0.3) is 0 Å². The fourth-order valence-corrected chi connectivity index (χ4v) is 5.32. The molecule has 2 N–H and O–H groups in total. The number of benzene rings is 2. The fourth-order valence-electron chi connectivity index (χ4n) is 4.33. The maximum absolute atomic E-state index is 13.5. The molecule has 0 spiro atoms. The number of carbonyl (C=O) groups is 2. The third-order valence-corrected chi connectivity index (χ3v) is 7.64. The number of amides is 3. The van der Waals surface area contributed by atoms with Crippen molar-refractivity contribution in [2.75, 3.05) is 37.4 Å². The SMILES string of the molecule is COc1cc(NS(=O)(=O)c2ccc(N3CC4=C(C3=O)[C@H](c3ccccc3)NC(=O)N4C)cc2)nc(OC)n1. The largest absolute Gasteiger partial charge is 0.481 e. The summed E-state index contributed by atoms with van der Waals surface area (Å²) < 4.78 is 38.4. The smallest absolute Gasteiger partial charge is 0.322 e. The number of aromatic nitrogens is 2. The molecule has 3 amide bonds. The maximum Gasteiger partial charge on any atom is 0.322 e. The number of ether oxygens (including phenoxy) is 2. The van der Waals surface area contributed by atoms with Gasteiger partial charge in [-0.25, -0.2) is 13.2 Å². The molecule has 0 saturated heterocycles. The molecule has 5 rings (SSSR count). The second-order valence-electron chi connectivity index (χ2n) is 8.49. The van der Waals surface area contributed by atoms with Crippen molar-refractivity contribution in [3.05, 3.63) is 77.5 Å². The van der Waals surface area contributed by atoms with E-state index >= 15 is 0 Å². The second-order valence-corrected chi connectivity index (χ2v) is 10.2. The number of sulfonamides is 1. The van der Waals surface area contributed by atoms with Crippen molar-refractivity contribution in [1.29, 1.82) is 0 Å². The summed E-state index contributed by atoms with van der Waals surface area (Å²) in [5, 5.41) is 2.89. The van der Waals surface area contributed by atoms with Gasteiger partial charge in [0.05, 0.1) is 43.0 Å². The minimum atomic E-state index is -4.03. The van der Waals surface area contributed by atoms with Crippen LogP contribution in [0.2, 0.25) is 0 Å². The van der Waals surface area contributed by atoms with Gasteiger partial charge in [-0.15, -0.1) is 0 Å². The molecule has 12 nitrogen and oxygen atoms in total. The number of hydrogen-bond donors (Lipinski definition) is 2. The van der Waals surface area contributed by atoms with Gasteiger partial charge in [0, 0.05) is 18.8 Å². The number of carbonyl (C=O) groups excluding carboxylic acids is 2. The van der Waals surface area contributed by atoms with Gasteiger partial charge < -0.3 is 19.7 Å². The molecule has 0 unspecified atom stereocenters. The zero-order chi connectivity index (χ0) is 27.0. The Morgan fingerprint density at radius 2 is 1.71 bits per heavy atom. The lowest BCUT2D eigenvalue weighted by Gasteiger charge is -2.31. The van der Waals surface area contributed by atoms with Gasteiger partial charge in [0.1, 0.15) is 0 Å². The van der Waals surface area contributed by atoms with Crippen LogP contribution in [0.3, 0.4) is 0 Å². The van der Waals surface area contributed by atoms with Crippen molar-refractivity contribution in [2.24, 2.45) is 0 Å². The van der Waals surface area contributed by atoms with E-state index in [2.05, 4.69) is 20.0 Å². The van der Waals surface area contributed by atoms with Crippen LogP contribution >= 0.6 is 0 Å². The summed E-state index contributed by atoms with van der Waals surface area (Å²) in [6.45, 7) is 0.173. The normalized spacial score (nSPS) is 17.3. The van der Waals surface area contributed by atoms with E-state index in [1.165, 1.54) is 42.2 Å². The van der Waals surface area contributed by atoms with Crippen LogP contribution in [0.1, 0.15) is 11.6 Å². The molecule has 38 heavy (non-hydrogen) atoms. The summed E-state index contributed by atoms with van der Waals surface area (Å²) >= 11 is 0. The minimum absolute atomic E-state index is 0.0310. The summed E-state index contributed by atoms with van der Waals surface area (Å²) in [4.78, 5) is 37.0. The quantitative estimate of drug-likeness (QED) is 0.468. The molecular formula is C25H24N6O6S. The first-order valence-corrected chi connectivity index (χ1v) is 12.9. The number of anilines is 2. The summed E-state index contributed by atoms with van der Waals surface area (Å²) in [6.07, 6.45) is 0. The lowest BCUT2D eigenvalue weighted by Crippen LogP contribution is -2.45. The molecular weight excluding hydrogens is 512 g/mol. The van der Waals surface area contributed by atoms with E-state index in [0.29, 0.717) is 17.0 Å². The number of methoxy groups -OCH3 is 2. The molecule has 1 atom stereocenters. The first-order chi connectivity index (χ1) is 18.2. The van der Waals surface area contributed by atoms with Crippen molar-refractivity contribution in [3.8, 4) is 11.9 Å². The molecule has 196 valence electrons. The highest BCUT2D eigenvalue weighted by atomic mass is 32.2. The molecule has 3 aromatic rings. The molecule has 13 heteroatoms. The lowest BCUT2D eigenvalue weighted by atomic mass is 9.96. The maximum atomic E-state index is 13.5. The van der Waals surface area contributed by atoms with Crippen LogP contribution in [-0.2, 0) is 14.8 Å². The van der Waals surface area contributed by atoms with Gasteiger partial charge >= 0.3 is 12.0 Å². The molecule has 1 aromatic heterocycles. The molecule has 0 aliphatic carbocycles. The summed E-state index contributed by atoms with van der Waals surface area (Å²) in [6, 6.07) is 15.5. The van der Waals surface area contributed by atoms with E-state index in [1.807, 2.05) is 30.3 Å². The Labute approximate surface area is 218 Å². The zero-order valence-electron chi connectivity index (χ0n) is 20.7. The second kappa shape index (κ2) is 9.67. The Morgan fingerprint density at radius 3 is 2.37 bits per heavy atom. The van der Waals surface area contributed by atoms with Crippen molar-refractivity contribution in [2.45, 2.75) is 10.9 Å². The van der Waals surface area contributed by atoms with Crippen LogP contribution in [0.5, 0.6) is 11.9 Å². The number of urea groups is 1. The van der Waals surface area contributed by atoms with E-state index < -0.39 is 16.1 Å². The van der Waals surface area contributed by atoms with Crippen molar-refractivity contribution >= 4 is 33.5 Å². The highest BCUT2D eigenvalue weighted by Gasteiger charge is 2.43. The van der Waals surface area contributed by atoms with Gasteiger partial charge in [-0.3, -0.25) is 14.4 Å². The van der Waals surface area contributed by atoms with E-state index in [0.717, 1.165) is 5.56 Å². The van der Waals surface area contributed by atoms with E-state index in [9.17, 15) is 18.0 Å². The number of likely N-dealkylation sites (N-methyl/N-ethyl adjacent to an activating group) is 1. The van der Waals surface area contributed by atoms with Crippen LogP contribution in [0.15, 0.2) is 76.8 Å². The molecule has 2 aliphatic heterocycles. The van der Waals surface area contributed by atoms with Crippen LogP contribution in [0, 0.1) is 0 Å². The fraction of sp³-hybridized carbons (Fsp3) is 0.200. The van der Waals surface area contributed by atoms with E-state index in [4.69, 9.17) is 9.47 Å². The van der Waals surface area contributed by atoms with E-state index in [-0.39, 0.29) is 41.1 Å². The summed E-state index contributed by atoms with van der Waals surface area (Å²) in [7, 11) is 0.322. The average molecular weight is 537 g/mol. The standard InChI is InChI=1S/C25H24N6O6S/c1-30-18-14-31(23(32)21(18)22(28-25(30)33)15-7-5-4-6-8-15)16-9-11-17(12-10-16)38(34,35)29-19-13-20(36-2)27-24(26-19)37-3/h4-13,22H,14H2,1-3H3,(H,28,33)(H,26,27,29)/t22-/m0/s1. The molecule has 0 fully saturated rings.